The first-order valence-electron chi connectivity index (χ1n) is 6.54. The summed E-state index contributed by atoms with van der Waals surface area (Å²) in [5, 5.41) is 15.4. The van der Waals surface area contributed by atoms with Crippen LogP contribution in [0.5, 0.6) is 0 Å². The summed E-state index contributed by atoms with van der Waals surface area (Å²) in [7, 11) is 0. The first-order valence-corrected chi connectivity index (χ1v) is 6.54. The number of rotatable bonds is 6. The van der Waals surface area contributed by atoms with Crippen molar-refractivity contribution in [3.8, 4) is 0 Å². The average molecular weight is 288 g/mol. The van der Waals surface area contributed by atoms with Crippen molar-refractivity contribution in [2.24, 2.45) is 5.92 Å². The molecular formula is C15H16N2O4. The van der Waals surface area contributed by atoms with Crippen LogP contribution in [0, 0.1) is 12.8 Å². The molecule has 0 saturated heterocycles. The second-order valence-corrected chi connectivity index (χ2v) is 4.77. The molecule has 6 heteroatoms. The van der Waals surface area contributed by atoms with Crippen molar-refractivity contribution in [2.45, 2.75) is 13.3 Å². The Labute approximate surface area is 121 Å². The number of carboxylic acid groups (broad SMARTS) is 1. The van der Waals surface area contributed by atoms with Crippen LogP contribution >= 0.6 is 0 Å². The van der Waals surface area contributed by atoms with Gasteiger partial charge in [-0.05, 0) is 18.9 Å². The molecule has 0 radical (unpaired) electrons. The lowest BCUT2D eigenvalue weighted by Crippen LogP contribution is -2.33. The number of carbonyl (C=O) groups is 2. The van der Waals surface area contributed by atoms with E-state index in [9.17, 15) is 14.7 Å². The minimum Gasteiger partial charge on any atom is -0.481 e. The van der Waals surface area contributed by atoms with Crippen LogP contribution in [0.2, 0.25) is 0 Å². The van der Waals surface area contributed by atoms with Gasteiger partial charge in [0.15, 0.2) is 0 Å². The molecule has 1 heterocycles. The fraction of sp³-hybridized carbons (Fsp3) is 0.267. The van der Waals surface area contributed by atoms with Crippen LogP contribution in [-0.2, 0) is 11.2 Å². The number of hydrogen-bond acceptors (Lipinski definition) is 4. The third kappa shape index (κ3) is 4.17. The largest absolute Gasteiger partial charge is 0.481 e. The number of benzene rings is 1. The van der Waals surface area contributed by atoms with E-state index in [1.165, 1.54) is 6.07 Å². The Balaban J connectivity index is 1.94. The van der Waals surface area contributed by atoms with Crippen molar-refractivity contribution in [3.05, 3.63) is 53.4 Å². The maximum Gasteiger partial charge on any atom is 0.308 e. The summed E-state index contributed by atoms with van der Waals surface area (Å²) >= 11 is 0. The highest BCUT2D eigenvalue weighted by Gasteiger charge is 2.20. The maximum atomic E-state index is 11.8. The zero-order valence-electron chi connectivity index (χ0n) is 11.6. The summed E-state index contributed by atoms with van der Waals surface area (Å²) in [5.74, 6) is -2.03. The van der Waals surface area contributed by atoms with Gasteiger partial charge in [-0.3, -0.25) is 9.59 Å². The molecule has 1 atom stereocenters. The topological polar surface area (TPSA) is 92.4 Å². The van der Waals surface area contributed by atoms with Crippen molar-refractivity contribution in [1.82, 2.24) is 10.5 Å². The van der Waals surface area contributed by atoms with Crippen LogP contribution in [0.25, 0.3) is 0 Å². The molecule has 0 aliphatic heterocycles. The highest BCUT2D eigenvalue weighted by Crippen LogP contribution is 2.09. The van der Waals surface area contributed by atoms with Gasteiger partial charge in [-0.15, -0.1) is 0 Å². The third-order valence-corrected chi connectivity index (χ3v) is 3.03. The number of aliphatic carboxylic acids is 1. The molecule has 110 valence electrons. The fourth-order valence-electron chi connectivity index (χ4n) is 1.92. The van der Waals surface area contributed by atoms with E-state index in [1.54, 1.807) is 6.92 Å². The third-order valence-electron chi connectivity index (χ3n) is 3.03. The lowest BCUT2D eigenvalue weighted by Gasteiger charge is -2.12. The Hall–Kier alpha value is -2.63. The van der Waals surface area contributed by atoms with E-state index in [0.717, 1.165) is 5.56 Å². The maximum absolute atomic E-state index is 11.8. The van der Waals surface area contributed by atoms with Crippen molar-refractivity contribution < 1.29 is 19.2 Å². The number of nitrogens with one attached hydrogen (secondary N) is 1. The highest BCUT2D eigenvalue weighted by molar-refractivity contribution is 5.91. The monoisotopic (exact) mass is 288 g/mol. The minimum absolute atomic E-state index is 0.0306. The average Bonchev–Trinajstić information content (AvgIpc) is 2.90. The SMILES string of the molecule is Cc1cc(C(=O)NCC(Cc2ccccc2)C(=O)O)on1. The van der Waals surface area contributed by atoms with Gasteiger partial charge in [0.05, 0.1) is 11.6 Å². The van der Waals surface area contributed by atoms with Crippen LogP contribution in [0.3, 0.4) is 0 Å². The summed E-state index contributed by atoms with van der Waals surface area (Å²) in [4.78, 5) is 23.1. The van der Waals surface area contributed by atoms with E-state index >= 15 is 0 Å². The van der Waals surface area contributed by atoms with Gasteiger partial charge in [0, 0.05) is 12.6 Å². The van der Waals surface area contributed by atoms with E-state index in [-0.39, 0.29) is 12.3 Å². The van der Waals surface area contributed by atoms with Gasteiger partial charge in [-0.2, -0.15) is 0 Å². The lowest BCUT2D eigenvalue weighted by molar-refractivity contribution is -0.141. The number of carboxylic acids is 1. The molecule has 0 aliphatic carbocycles. The van der Waals surface area contributed by atoms with Gasteiger partial charge in [-0.1, -0.05) is 35.5 Å². The summed E-state index contributed by atoms with van der Waals surface area (Å²) < 4.78 is 4.83. The molecule has 1 amide bonds. The molecule has 6 nitrogen and oxygen atoms in total. The van der Waals surface area contributed by atoms with Crippen molar-refractivity contribution in [1.29, 1.82) is 0 Å². The van der Waals surface area contributed by atoms with Crippen LogP contribution in [0.15, 0.2) is 40.9 Å². The van der Waals surface area contributed by atoms with Crippen LogP contribution in [0.4, 0.5) is 0 Å². The normalized spacial score (nSPS) is 11.9. The predicted octanol–water partition coefficient (Wildman–Crippen LogP) is 1.66. The summed E-state index contributed by atoms with van der Waals surface area (Å²) in [5.41, 5.74) is 1.51. The van der Waals surface area contributed by atoms with Crippen LogP contribution in [0.1, 0.15) is 21.8 Å². The van der Waals surface area contributed by atoms with E-state index in [0.29, 0.717) is 12.1 Å². The number of hydrogen-bond donors (Lipinski definition) is 2. The Morgan fingerprint density at radius 2 is 2.05 bits per heavy atom. The van der Waals surface area contributed by atoms with E-state index in [2.05, 4.69) is 10.5 Å². The molecule has 21 heavy (non-hydrogen) atoms. The zero-order valence-corrected chi connectivity index (χ0v) is 11.6. The number of amides is 1. The zero-order chi connectivity index (χ0) is 15.2. The van der Waals surface area contributed by atoms with Crippen molar-refractivity contribution in [2.75, 3.05) is 6.54 Å². The Morgan fingerprint density at radius 1 is 1.33 bits per heavy atom. The number of nitrogens with zero attached hydrogens (tertiary/aromatic N) is 1. The van der Waals surface area contributed by atoms with Gasteiger partial charge in [-0.25, -0.2) is 0 Å². The molecule has 0 spiro atoms. The Bertz CT molecular complexity index is 622. The molecular weight excluding hydrogens is 272 g/mol. The van der Waals surface area contributed by atoms with Gasteiger partial charge in [0.2, 0.25) is 5.76 Å². The molecule has 0 saturated carbocycles. The molecule has 2 rings (SSSR count). The van der Waals surface area contributed by atoms with Gasteiger partial charge < -0.3 is 14.9 Å². The van der Waals surface area contributed by atoms with Crippen molar-refractivity contribution >= 4 is 11.9 Å². The summed E-state index contributed by atoms with van der Waals surface area (Å²) in [6.45, 7) is 1.73. The quantitative estimate of drug-likeness (QED) is 0.843. The number of carbonyl (C=O) groups excluding carboxylic acids is 1. The van der Waals surface area contributed by atoms with E-state index in [4.69, 9.17) is 4.52 Å². The summed E-state index contributed by atoms with van der Waals surface area (Å²) in [6.07, 6.45) is 0.353. The van der Waals surface area contributed by atoms with Crippen LogP contribution in [-0.4, -0.2) is 28.7 Å². The summed E-state index contributed by atoms with van der Waals surface area (Å²) in [6, 6.07) is 10.8. The molecule has 1 aromatic carbocycles. The predicted molar refractivity (Wildman–Crippen MR) is 74.8 cm³/mol. The molecule has 1 unspecified atom stereocenters. The standard InChI is InChI=1S/C15H16N2O4/c1-10-7-13(21-17-10)14(18)16-9-12(15(19)20)8-11-5-3-2-4-6-11/h2-7,12H,8-9H2,1H3,(H,16,18)(H,19,20). The molecule has 0 fully saturated rings. The van der Waals surface area contributed by atoms with Gasteiger partial charge in [0.1, 0.15) is 0 Å². The Kier molecular flexibility index (Phi) is 4.71. The number of aromatic nitrogens is 1. The van der Waals surface area contributed by atoms with Gasteiger partial charge in [0.25, 0.3) is 5.91 Å². The smallest absolute Gasteiger partial charge is 0.308 e. The first kappa shape index (κ1) is 14.8. The minimum atomic E-state index is -0.951. The lowest BCUT2D eigenvalue weighted by atomic mass is 9.99. The molecule has 2 aromatic rings. The second-order valence-electron chi connectivity index (χ2n) is 4.77. The molecule has 2 N–H and O–H groups in total. The number of aryl methyl sites for hydroxylation is 1. The van der Waals surface area contributed by atoms with Gasteiger partial charge >= 0.3 is 5.97 Å². The van der Waals surface area contributed by atoms with Crippen molar-refractivity contribution in [3.63, 3.8) is 0 Å². The fourth-order valence-corrected chi connectivity index (χ4v) is 1.92. The molecule has 0 aliphatic rings. The van der Waals surface area contributed by atoms with E-state index in [1.807, 2.05) is 30.3 Å². The molecule has 0 bridgehead atoms. The molecule has 1 aromatic heterocycles. The second kappa shape index (κ2) is 6.69. The van der Waals surface area contributed by atoms with Crippen LogP contribution < -0.4 is 5.32 Å². The highest BCUT2D eigenvalue weighted by atomic mass is 16.5. The Morgan fingerprint density at radius 3 is 2.62 bits per heavy atom. The van der Waals surface area contributed by atoms with E-state index < -0.39 is 17.8 Å². The first-order chi connectivity index (χ1) is 10.1.